The summed E-state index contributed by atoms with van der Waals surface area (Å²) in [5.41, 5.74) is 7.00. The fourth-order valence-electron chi connectivity index (χ4n) is 1.36. The Morgan fingerprint density at radius 1 is 1.59 bits per heavy atom. The van der Waals surface area contributed by atoms with E-state index >= 15 is 0 Å². The molecule has 1 aromatic rings. The minimum Gasteiger partial charge on any atom is -0.370 e. The first kappa shape index (κ1) is 12.4. The van der Waals surface area contributed by atoms with Gasteiger partial charge >= 0.3 is 0 Å². The van der Waals surface area contributed by atoms with Crippen molar-refractivity contribution in [2.75, 3.05) is 0 Å². The SMILES string of the molecule is CC(C)(C)c1csc(CN=C(N)NC2CC2)n1. The van der Waals surface area contributed by atoms with Crippen molar-refractivity contribution in [3.05, 3.63) is 16.1 Å². The summed E-state index contributed by atoms with van der Waals surface area (Å²) in [7, 11) is 0. The highest BCUT2D eigenvalue weighted by atomic mass is 32.1. The Kier molecular flexibility index (Phi) is 3.38. The molecule has 1 aliphatic carbocycles. The van der Waals surface area contributed by atoms with E-state index in [-0.39, 0.29) is 5.41 Å². The van der Waals surface area contributed by atoms with Crippen molar-refractivity contribution in [2.24, 2.45) is 10.7 Å². The van der Waals surface area contributed by atoms with Gasteiger partial charge < -0.3 is 11.1 Å². The van der Waals surface area contributed by atoms with Gasteiger partial charge in [-0.05, 0) is 12.8 Å². The molecule has 0 bridgehead atoms. The van der Waals surface area contributed by atoms with Crippen molar-refractivity contribution in [1.82, 2.24) is 10.3 Å². The van der Waals surface area contributed by atoms with Gasteiger partial charge in [0, 0.05) is 16.8 Å². The molecule has 5 heteroatoms. The lowest BCUT2D eigenvalue weighted by Gasteiger charge is -2.14. The number of guanidine groups is 1. The lowest BCUT2D eigenvalue weighted by Crippen LogP contribution is -2.33. The summed E-state index contributed by atoms with van der Waals surface area (Å²) in [5.74, 6) is 0.542. The van der Waals surface area contributed by atoms with Crippen LogP contribution in [0.3, 0.4) is 0 Å². The second kappa shape index (κ2) is 4.64. The molecule has 17 heavy (non-hydrogen) atoms. The molecule has 0 atom stereocenters. The zero-order valence-corrected chi connectivity index (χ0v) is 11.5. The highest BCUT2D eigenvalue weighted by Gasteiger charge is 2.21. The van der Waals surface area contributed by atoms with Gasteiger partial charge in [0.15, 0.2) is 5.96 Å². The van der Waals surface area contributed by atoms with E-state index < -0.39 is 0 Å². The van der Waals surface area contributed by atoms with E-state index in [1.165, 1.54) is 12.8 Å². The molecule has 3 N–H and O–H groups in total. The van der Waals surface area contributed by atoms with Crippen LogP contribution in [0.1, 0.15) is 44.3 Å². The van der Waals surface area contributed by atoms with Crippen LogP contribution in [0.5, 0.6) is 0 Å². The van der Waals surface area contributed by atoms with Gasteiger partial charge in [0.1, 0.15) is 5.01 Å². The van der Waals surface area contributed by atoms with Crippen molar-refractivity contribution >= 4 is 17.3 Å². The van der Waals surface area contributed by atoms with E-state index in [0.29, 0.717) is 18.5 Å². The van der Waals surface area contributed by atoms with Crippen LogP contribution < -0.4 is 11.1 Å². The third-order valence-electron chi connectivity index (χ3n) is 2.63. The fourth-order valence-corrected chi connectivity index (χ4v) is 2.31. The smallest absolute Gasteiger partial charge is 0.189 e. The molecule has 94 valence electrons. The van der Waals surface area contributed by atoms with E-state index in [1.807, 2.05) is 0 Å². The summed E-state index contributed by atoms with van der Waals surface area (Å²) >= 11 is 1.65. The third kappa shape index (κ3) is 3.70. The largest absolute Gasteiger partial charge is 0.370 e. The summed E-state index contributed by atoms with van der Waals surface area (Å²) in [6.45, 7) is 7.07. The summed E-state index contributed by atoms with van der Waals surface area (Å²) in [5, 5.41) is 6.30. The van der Waals surface area contributed by atoms with Gasteiger partial charge in [-0.2, -0.15) is 0 Å². The van der Waals surface area contributed by atoms with Gasteiger partial charge in [0.2, 0.25) is 0 Å². The van der Waals surface area contributed by atoms with E-state index in [9.17, 15) is 0 Å². The number of rotatable bonds is 3. The van der Waals surface area contributed by atoms with Crippen LogP contribution in [-0.4, -0.2) is 17.0 Å². The molecule has 1 aliphatic rings. The minimum absolute atomic E-state index is 0.107. The Morgan fingerprint density at radius 2 is 2.29 bits per heavy atom. The summed E-state index contributed by atoms with van der Waals surface area (Å²) in [6.07, 6.45) is 2.42. The molecule has 0 aliphatic heterocycles. The van der Waals surface area contributed by atoms with Gasteiger partial charge in [-0.15, -0.1) is 11.3 Å². The first-order valence-corrected chi connectivity index (χ1v) is 6.84. The molecule has 1 fully saturated rings. The van der Waals surface area contributed by atoms with Crippen LogP contribution in [0.15, 0.2) is 10.4 Å². The molecule has 1 heterocycles. The van der Waals surface area contributed by atoms with Crippen molar-refractivity contribution in [3.63, 3.8) is 0 Å². The number of aromatic nitrogens is 1. The number of thiazole rings is 1. The third-order valence-corrected chi connectivity index (χ3v) is 3.47. The Hall–Kier alpha value is -1.10. The van der Waals surface area contributed by atoms with Crippen molar-refractivity contribution in [1.29, 1.82) is 0 Å². The molecule has 0 saturated heterocycles. The summed E-state index contributed by atoms with van der Waals surface area (Å²) < 4.78 is 0. The predicted octanol–water partition coefficient (Wildman–Crippen LogP) is 2.01. The zero-order chi connectivity index (χ0) is 12.5. The number of nitrogens with zero attached hydrogens (tertiary/aromatic N) is 2. The topological polar surface area (TPSA) is 63.3 Å². The number of hydrogen-bond acceptors (Lipinski definition) is 3. The Morgan fingerprint density at radius 3 is 2.82 bits per heavy atom. The lowest BCUT2D eigenvalue weighted by molar-refractivity contribution is 0.571. The molecular formula is C12H20N4S. The highest BCUT2D eigenvalue weighted by Crippen LogP contribution is 2.24. The minimum atomic E-state index is 0.107. The number of hydrogen-bond donors (Lipinski definition) is 2. The van der Waals surface area contributed by atoms with Crippen LogP contribution in [0.25, 0.3) is 0 Å². The molecule has 0 amide bonds. The Balaban J connectivity index is 1.92. The van der Waals surface area contributed by atoms with Crippen molar-refractivity contribution in [2.45, 2.75) is 51.6 Å². The second-order valence-electron chi connectivity index (χ2n) is 5.50. The van der Waals surface area contributed by atoms with Gasteiger partial charge in [0.25, 0.3) is 0 Å². The molecule has 0 radical (unpaired) electrons. The van der Waals surface area contributed by atoms with Crippen LogP contribution >= 0.6 is 11.3 Å². The van der Waals surface area contributed by atoms with E-state index in [1.54, 1.807) is 11.3 Å². The Bertz CT molecular complexity index is 412. The van der Waals surface area contributed by atoms with Crippen LogP contribution in [0.2, 0.25) is 0 Å². The summed E-state index contributed by atoms with van der Waals surface area (Å²) in [6, 6.07) is 0.556. The van der Waals surface area contributed by atoms with Crippen LogP contribution in [-0.2, 0) is 12.0 Å². The average Bonchev–Trinajstić information content (AvgIpc) is 2.90. The van der Waals surface area contributed by atoms with Gasteiger partial charge in [-0.25, -0.2) is 9.98 Å². The number of nitrogens with two attached hydrogens (primary N) is 1. The second-order valence-corrected chi connectivity index (χ2v) is 6.44. The van der Waals surface area contributed by atoms with E-state index in [2.05, 4.69) is 41.4 Å². The predicted molar refractivity (Wildman–Crippen MR) is 72.3 cm³/mol. The van der Waals surface area contributed by atoms with E-state index in [4.69, 9.17) is 5.73 Å². The van der Waals surface area contributed by atoms with Crippen LogP contribution in [0, 0.1) is 0 Å². The average molecular weight is 252 g/mol. The highest BCUT2D eigenvalue weighted by molar-refractivity contribution is 7.09. The van der Waals surface area contributed by atoms with Crippen LogP contribution in [0.4, 0.5) is 0 Å². The first-order chi connectivity index (χ1) is 7.95. The monoisotopic (exact) mass is 252 g/mol. The van der Waals surface area contributed by atoms with Gasteiger partial charge in [-0.1, -0.05) is 20.8 Å². The standard InChI is InChI=1S/C12H20N4S/c1-12(2,3)9-7-17-10(16-9)6-14-11(13)15-8-4-5-8/h7-8H,4-6H2,1-3H3,(H3,13,14,15). The maximum Gasteiger partial charge on any atom is 0.189 e. The molecule has 0 aromatic carbocycles. The summed E-state index contributed by atoms with van der Waals surface area (Å²) in [4.78, 5) is 8.88. The molecule has 2 rings (SSSR count). The number of aliphatic imine (C=N–C) groups is 1. The maximum atomic E-state index is 5.77. The first-order valence-electron chi connectivity index (χ1n) is 5.96. The molecule has 0 spiro atoms. The molecular weight excluding hydrogens is 232 g/mol. The molecule has 0 unspecified atom stereocenters. The fraction of sp³-hybridized carbons (Fsp3) is 0.667. The molecule has 1 saturated carbocycles. The van der Waals surface area contributed by atoms with Crippen molar-refractivity contribution in [3.8, 4) is 0 Å². The quantitative estimate of drug-likeness (QED) is 0.639. The lowest BCUT2D eigenvalue weighted by atomic mass is 9.93. The normalized spacial score (nSPS) is 17.2. The maximum absolute atomic E-state index is 5.77. The molecule has 4 nitrogen and oxygen atoms in total. The van der Waals surface area contributed by atoms with E-state index in [0.717, 1.165) is 10.7 Å². The van der Waals surface area contributed by atoms with Crippen molar-refractivity contribution < 1.29 is 0 Å². The number of nitrogens with one attached hydrogen (secondary N) is 1. The Labute approximate surface area is 106 Å². The van der Waals surface area contributed by atoms with Gasteiger partial charge in [0.05, 0.1) is 12.2 Å². The van der Waals surface area contributed by atoms with Gasteiger partial charge in [-0.3, -0.25) is 0 Å². The zero-order valence-electron chi connectivity index (χ0n) is 10.7. The molecule has 1 aromatic heterocycles.